The van der Waals surface area contributed by atoms with E-state index in [1.807, 2.05) is 60.7 Å². The van der Waals surface area contributed by atoms with Gasteiger partial charge in [0, 0.05) is 38.9 Å². The second-order valence-electron chi connectivity index (χ2n) is 7.50. The van der Waals surface area contributed by atoms with Crippen molar-refractivity contribution in [3.8, 4) is 5.69 Å². The number of nitrogens with zero attached hydrogens (tertiary/aromatic N) is 2. The molecule has 4 nitrogen and oxygen atoms in total. The lowest BCUT2D eigenvalue weighted by molar-refractivity contribution is 0.0955. The first kappa shape index (κ1) is 21.7. The monoisotopic (exact) mass is 439 g/mol. The quantitative estimate of drug-likeness (QED) is 0.213. The summed E-state index contributed by atoms with van der Waals surface area (Å²) >= 11 is 1.78. The maximum atomic E-state index is 12.5. The molecule has 32 heavy (non-hydrogen) atoms. The number of hydrazone groups is 1. The van der Waals surface area contributed by atoms with E-state index in [0.29, 0.717) is 5.56 Å². The predicted octanol–water partition coefficient (Wildman–Crippen LogP) is 6.15. The first-order chi connectivity index (χ1) is 15.6. The number of para-hydroxylation sites is 1. The highest BCUT2D eigenvalue weighted by atomic mass is 32.2. The fourth-order valence-electron chi connectivity index (χ4n) is 3.55. The highest BCUT2D eigenvalue weighted by molar-refractivity contribution is 7.98. The van der Waals surface area contributed by atoms with Gasteiger partial charge in [0.05, 0.1) is 6.21 Å². The Morgan fingerprint density at radius 3 is 2.28 bits per heavy atom. The number of aryl methyl sites for hydroxylation is 1. The average molecular weight is 440 g/mol. The largest absolute Gasteiger partial charge is 0.318 e. The zero-order valence-corrected chi connectivity index (χ0v) is 19.0. The third kappa shape index (κ3) is 5.18. The molecule has 0 aliphatic carbocycles. The van der Waals surface area contributed by atoms with Crippen LogP contribution in [0.4, 0.5) is 0 Å². The Hall–Kier alpha value is -3.57. The maximum Gasteiger partial charge on any atom is 0.271 e. The Morgan fingerprint density at radius 1 is 0.938 bits per heavy atom. The van der Waals surface area contributed by atoms with Crippen molar-refractivity contribution in [3.05, 3.63) is 119 Å². The van der Waals surface area contributed by atoms with E-state index in [0.717, 1.165) is 28.4 Å². The summed E-state index contributed by atoms with van der Waals surface area (Å²) < 4.78 is 2.18. The molecule has 0 aliphatic heterocycles. The average Bonchev–Trinajstić information content (AvgIpc) is 3.12. The highest BCUT2D eigenvalue weighted by Crippen LogP contribution is 2.22. The minimum Gasteiger partial charge on any atom is -0.318 e. The van der Waals surface area contributed by atoms with Crippen molar-refractivity contribution < 1.29 is 4.79 Å². The molecular weight excluding hydrogens is 414 g/mol. The van der Waals surface area contributed by atoms with Crippen molar-refractivity contribution in [1.29, 1.82) is 0 Å². The third-order valence-electron chi connectivity index (χ3n) is 5.22. The predicted molar refractivity (Wildman–Crippen MR) is 133 cm³/mol. The van der Waals surface area contributed by atoms with Gasteiger partial charge in [0.2, 0.25) is 0 Å². The van der Waals surface area contributed by atoms with Crippen LogP contribution in [0, 0.1) is 13.8 Å². The summed E-state index contributed by atoms with van der Waals surface area (Å²) in [6.07, 6.45) is 1.70. The standard InChI is InChI=1S/C27H25N3OS/c1-20-17-24(21(2)30(20)25-9-5-3-6-10-25)18-28-29-27(31)23-15-13-22(14-16-23)19-32-26-11-7-4-8-12-26/h3-18H,19H2,1-2H3,(H,29,31)/b28-18-. The van der Waals surface area contributed by atoms with Crippen molar-refractivity contribution >= 4 is 23.9 Å². The fraction of sp³-hybridized carbons (Fsp3) is 0.111. The lowest BCUT2D eigenvalue weighted by Gasteiger charge is -2.09. The fourth-order valence-corrected chi connectivity index (χ4v) is 4.43. The first-order valence-electron chi connectivity index (χ1n) is 10.5. The van der Waals surface area contributed by atoms with Gasteiger partial charge in [0.1, 0.15) is 0 Å². The Bertz CT molecular complexity index is 1210. The summed E-state index contributed by atoms with van der Waals surface area (Å²) in [5.74, 6) is 0.640. The molecule has 4 rings (SSSR count). The van der Waals surface area contributed by atoms with Crippen molar-refractivity contribution in [2.45, 2.75) is 24.5 Å². The van der Waals surface area contributed by atoms with Gasteiger partial charge in [-0.05, 0) is 61.9 Å². The number of benzene rings is 3. The number of nitrogens with one attached hydrogen (secondary N) is 1. The molecule has 0 fully saturated rings. The van der Waals surface area contributed by atoms with E-state index in [9.17, 15) is 4.79 Å². The number of hydrogen-bond donors (Lipinski definition) is 1. The summed E-state index contributed by atoms with van der Waals surface area (Å²) in [5, 5.41) is 4.18. The number of thioether (sulfide) groups is 1. The van der Waals surface area contributed by atoms with Gasteiger partial charge in [-0.25, -0.2) is 5.43 Å². The number of carbonyl (C=O) groups excluding carboxylic acids is 1. The lowest BCUT2D eigenvalue weighted by atomic mass is 10.1. The third-order valence-corrected chi connectivity index (χ3v) is 6.30. The van der Waals surface area contributed by atoms with Crippen molar-refractivity contribution in [2.75, 3.05) is 0 Å². The Balaban J connectivity index is 1.36. The van der Waals surface area contributed by atoms with Crippen LogP contribution in [0.25, 0.3) is 5.69 Å². The zero-order valence-electron chi connectivity index (χ0n) is 18.2. The zero-order chi connectivity index (χ0) is 22.3. The van der Waals surface area contributed by atoms with Crippen LogP contribution >= 0.6 is 11.8 Å². The Kier molecular flexibility index (Phi) is 6.87. The van der Waals surface area contributed by atoms with E-state index in [1.165, 1.54) is 10.5 Å². The summed E-state index contributed by atoms with van der Waals surface area (Å²) in [5.41, 5.74) is 8.67. The SMILES string of the molecule is Cc1cc(/C=N\NC(=O)c2ccc(CSc3ccccc3)cc2)c(C)n1-c1ccccc1. The Morgan fingerprint density at radius 2 is 1.59 bits per heavy atom. The van der Waals surface area contributed by atoms with Gasteiger partial charge >= 0.3 is 0 Å². The molecule has 0 spiro atoms. The molecule has 1 aromatic heterocycles. The molecule has 3 aromatic carbocycles. The number of carbonyl (C=O) groups is 1. The molecule has 1 amide bonds. The van der Waals surface area contributed by atoms with Crippen molar-refractivity contribution in [3.63, 3.8) is 0 Å². The normalized spacial score (nSPS) is 11.1. The molecule has 0 saturated heterocycles. The molecule has 0 radical (unpaired) electrons. The van der Waals surface area contributed by atoms with Crippen molar-refractivity contribution in [2.24, 2.45) is 5.10 Å². The topological polar surface area (TPSA) is 46.4 Å². The lowest BCUT2D eigenvalue weighted by Crippen LogP contribution is -2.17. The highest BCUT2D eigenvalue weighted by Gasteiger charge is 2.09. The molecule has 0 aliphatic rings. The van der Waals surface area contributed by atoms with Crippen LogP contribution in [0.5, 0.6) is 0 Å². The number of amides is 1. The van der Waals surface area contributed by atoms with Crippen LogP contribution < -0.4 is 5.43 Å². The van der Waals surface area contributed by atoms with E-state index in [1.54, 1.807) is 18.0 Å². The van der Waals surface area contributed by atoms with Crippen LogP contribution in [0.2, 0.25) is 0 Å². The molecule has 0 unspecified atom stereocenters. The molecule has 4 aromatic rings. The van der Waals surface area contributed by atoms with Gasteiger partial charge in [-0.2, -0.15) is 5.10 Å². The summed E-state index contributed by atoms with van der Waals surface area (Å²) in [7, 11) is 0. The second kappa shape index (κ2) is 10.2. The number of hydrogen-bond acceptors (Lipinski definition) is 3. The van der Waals surface area contributed by atoms with Gasteiger partial charge in [-0.3, -0.25) is 4.79 Å². The van der Waals surface area contributed by atoms with Gasteiger partial charge in [-0.1, -0.05) is 48.5 Å². The molecule has 0 bridgehead atoms. The molecule has 1 heterocycles. The molecule has 160 valence electrons. The van der Waals surface area contributed by atoms with Gasteiger partial charge in [0.15, 0.2) is 0 Å². The van der Waals surface area contributed by atoms with Crippen LogP contribution in [-0.2, 0) is 5.75 Å². The van der Waals surface area contributed by atoms with Crippen molar-refractivity contribution in [1.82, 2.24) is 9.99 Å². The number of aromatic nitrogens is 1. The van der Waals surface area contributed by atoms with E-state index >= 15 is 0 Å². The molecule has 0 saturated carbocycles. The molecule has 1 N–H and O–H groups in total. The van der Waals surface area contributed by atoms with Gasteiger partial charge < -0.3 is 4.57 Å². The smallest absolute Gasteiger partial charge is 0.271 e. The molecular formula is C27H25N3OS. The van der Waals surface area contributed by atoms with E-state index in [-0.39, 0.29) is 5.91 Å². The second-order valence-corrected chi connectivity index (χ2v) is 8.54. The molecule has 0 atom stereocenters. The first-order valence-corrected chi connectivity index (χ1v) is 11.4. The summed E-state index contributed by atoms with van der Waals surface area (Å²) in [4.78, 5) is 13.7. The van der Waals surface area contributed by atoms with Crippen LogP contribution in [0.15, 0.2) is 101 Å². The van der Waals surface area contributed by atoms with E-state index in [2.05, 4.69) is 59.3 Å². The van der Waals surface area contributed by atoms with Gasteiger partial charge in [-0.15, -0.1) is 11.8 Å². The van der Waals surface area contributed by atoms with Crippen LogP contribution in [0.3, 0.4) is 0 Å². The van der Waals surface area contributed by atoms with Crippen LogP contribution in [-0.4, -0.2) is 16.7 Å². The minimum atomic E-state index is -0.222. The Labute approximate surface area is 193 Å². The summed E-state index contributed by atoms with van der Waals surface area (Å²) in [6.45, 7) is 4.11. The van der Waals surface area contributed by atoms with E-state index < -0.39 is 0 Å². The molecule has 5 heteroatoms. The minimum absolute atomic E-state index is 0.222. The maximum absolute atomic E-state index is 12.5. The number of rotatable bonds is 7. The van der Waals surface area contributed by atoms with Crippen LogP contribution in [0.1, 0.15) is 32.9 Å². The van der Waals surface area contributed by atoms with Gasteiger partial charge in [0.25, 0.3) is 5.91 Å². The van der Waals surface area contributed by atoms with E-state index in [4.69, 9.17) is 0 Å². The summed E-state index contributed by atoms with van der Waals surface area (Å²) in [6, 6.07) is 30.2.